The number of nitrogens with one attached hydrogen (secondary N) is 1. The Morgan fingerprint density at radius 1 is 1.18 bits per heavy atom. The van der Waals surface area contributed by atoms with Crippen LogP contribution in [-0.4, -0.2) is 11.8 Å². The predicted molar refractivity (Wildman–Crippen MR) is 109 cm³/mol. The van der Waals surface area contributed by atoms with Gasteiger partial charge in [-0.3, -0.25) is 9.59 Å². The SMILES string of the molecule is Cc1coc(C)c1C(=O)Nc1ccc(CN2C(=O)Cc3ccc(Cl)cc32)cc1. The lowest BCUT2D eigenvalue weighted by molar-refractivity contribution is -0.117. The first-order valence-electron chi connectivity index (χ1n) is 8.96. The third-order valence-electron chi connectivity index (χ3n) is 4.92. The monoisotopic (exact) mass is 394 g/mol. The van der Waals surface area contributed by atoms with E-state index in [1.54, 1.807) is 24.2 Å². The Morgan fingerprint density at radius 3 is 2.61 bits per heavy atom. The molecule has 0 aliphatic carbocycles. The number of carbonyl (C=O) groups is 2. The summed E-state index contributed by atoms with van der Waals surface area (Å²) in [4.78, 5) is 26.6. The molecule has 0 spiro atoms. The normalized spacial score (nSPS) is 13.0. The average Bonchev–Trinajstić information content (AvgIpc) is 3.15. The van der Waals surface area contributed by atoms with Gasteiger partial charge in [-0.25, -0.2) is 0 Å². The van der Waals surface area contributed by atoms with Crippen molar-refractivity contribution in [2.75, 3.05) is 10.2 Å². The molecule has 0 saturated carbocycles. The molecule has 28 heavy (non-hydrogen) atoms. The molecule has 0 fully saturated rings. The van der Waals surface area contributed by atoms with Crippen molar-refractivity contribution in [3.05, 3.63) is 81.8 Å². The van der Waals surface area contributed by atoms with Crippen LogP contribution in [-0.2, 0) is 17.8 Å². The number of halogens is 1. The van der Waals surface area contributed by atoms with Crippen LogP contribution < -0.4 is 10.2 Å². The molecule has 5 nitrogen and oxygen atoms in total. The van der Waals surface area contributed by atoms with E-state index >= 15 is 0 Å². The lowest BCUT2D eigenvalue weighted by Crippen LogP contribution is -2.26. The van der Waals surface area contributed by atoms with Gasteiger partial charge in [-0.2, -0.15) is 0 Å². The van der Waals surface area contributed by atoms with Crippen molar-refractivity contribution >= 4 is 34.8 Å². The maximum Gasteiger partial charge on any atom is 0.259 e. The van der Waals surface area contributed by atoms with Crippen LogP contribution >= 0.6 is 11.6 Å². The summed E-state index contributed by atoms with van der Waals surface area (Å²) in [6.45, 7) is 4.06. The number of benzene rings is 2. The second-order valence-corrected chi connectivity index (χ2v) is 7.37. The lowest BCUT2D eigenvalue weighted by Gasteiger charge is -2.18. The average molecular weight is 395 g/mol. The zero-order valence-electron chi connectivity index (χ0n) is 15.6. The Kier molecular flexibility index (Phi) is 4.69. The fraction of sp³-hybridized carbons (Fsp3) is 0.182. The van der Waals surface area contributed by atoms with Crippen LogP contribution in [0.2, 0.25) is 5.02 Å². The van der Waals surface area contributed by atoms with Crippen LogP contribution in [0.4, 0.5) is 11.4 Å². The van der Waals surface area contributed by atoms with Crippen LogP contribution in [0.25, 0.3) is 0 Å². The molecule has 1 aliphatic rings. The minimum Gasteiger partial charge on any atom is -0.469 e. The molecule has 1 N–H and O–H groups in total. The van der Waals surface area contributed by atoms with Gasteiger partial charge < -0.3 is 14.6 Å². The highest BCUT2D eigenvalue weighted by Gasteiger charge is 2.27. The number of hydrogen-bond donors (Lipinski definition) is 1. The van der Waals surface area contributed by atoms with Crippen molar-refractivity contribution in [1.82, 2.24) is 0 Å². The number of fused-ring (bicyclic) bond motifs is 1. The van der Waals surface area contributed by atoms with E-state index in [-0.39, 0.29) is 11.8 Å². The van der Waals surface area contributed by atoms with Crippen LogP contribution in [0.3, 0.4) is 0 Å². The number of aryl methyl sites for hydroxylation is 2. The minimum absolute atomic E-state index is 0.0561. The van der Waals surface area contributed by atoms with Crippen molar-refractivity contribution in [3.63, 3.8) is 0 Å². The van der Waals surface area contributed by atoms with Crippen molar-refractivity contribution in [2.24, 2.45) is 0 Å². The summed E-state index contributed by atoms with van der Waals surface area (Å²) in [5.74, 6) is 0.451. The molecule has 4 rings (SSSR count). The number of carbonyl (C=O) groups excluding carboxylic acids is 2. The van der Waals surface area contributed by atoms with Gasteiger partial charge >= 0.3 is 0 Å². The maximum absolute atomic E-state index is 12.5. The number of rotatable bonds is 4. The topological polar surface area (TPSA) is 62.6 Å². The molecule has 2 heterocycles. The van der Waals surface area contributed by atoms with Crippen molar-refractivity contribution < 1.29 is 14.0 Å². The van der Waals surface area contributed by atoms with Crippen LogP contribution in [0.15, 0.2) is 53.1 Å². The van der Waals surface area contributed by atoms with Crippen molar-refractivity contribution in [2.45, 2.75) is 26.8 Å². The molecule has 2 aromatic carbocycles. The molecule has 0 atom stereocenters. The highest BCUT2D eigenvalue weighted by atomic mass is 35.5. The largest absolute Gasteiger partial charge is 0.469 e. The predicted octanol–water partition coefficient (Wildman–Crippen LogP) is 4.89. The third-order valence-corrected chi connectivity index (χ3v) is 5.15. The Hall–Kier alpha value is -3.05. The second kappa shape index (κ2) is 7.17. The number of anilines is 2. The summed E-state index contributed by atoms with van der Waals surface area (Å²) in [5.41, 5.74) is 4.86. The minimum atomic E-state index is -0.199. The second-order valence-electron chi connectivity index (χ2n) is 6.93. The van der Waals surface area contributed by atoms with E-state index in [0.717, 1.165) is 22.4 Å². The van der Waals surface area contributed by atoms with Gasteiger partial charge in [0.25, 0.3) is 5.91 Å². The van der Waals surface area contributed by atoms with Crippen LogP contribution in [0.1, 0.15) is 32.8 Å². The van der Waals surface area contributed by atoms with Crippen molar-refractivity contribution in [1.29, 1.82) is 0 Å². The van der Waals surface area contributed by atoms with Gasteiger partial charge in [0.1, 0.15) is 5.76 Å². The summed E-state index contributed by atoms with van der Waals surface area (Å²) in [5, 5.41) is 3.49. The van der Waals surface area contributed by atoms with E-state index in [0.29, 0.717) is 35.0 Å². The Bertz CT molecular complexity index is 1050. The van der Waals surface area contributed by atoms with E-state index in [1.165, 1.54) is 0 Å². The summed E-state index contributed by atoms with van der Waals surface area (Å²) >= 11 is 6.09. The molecule has 0 unspecified atom stereocenters. The van der Waals surface area contributed by atoms with E-state index in [2.05, 4.69) is 5.32 Å². The van der Waals surface area contributed by atoms with Gasteiger partial charge in [-0.05, 0) is 49.2 Å². The first-order valence-corrected chi connectivity index (χ1v) is 9.34. The number of nitrogens with zero attached hydrogens (tertiary/aromatic N) is 1. The molecule has 3 aromatic rings. The highest BCUT2D eigenvalue weighted by molar-refractivity contribution is 6.31. The Morgan fingerprint density at radius 2 is 1.93 bits per heavy atom. The van der Waals surface area contributed by atoms with E-state index in [4.69, 9.17) is 16.0 Å². The number of amides is 2. The Labute approximate surface area is 167 Å². The zero-order chi connectivity index (χ0) is 19.8. The highest BCUT2D eigenvalue weighted by Crippen LogP contribution is 2.32. The fourth-order valence-electron chi connectivity index (χ4n) is 3.48. The number of hydrogen-bond acceptors (Lipinski definition) is 3. The molecule has 1 aromatic heterocycles. The molecule has 0 saturated heterocycles. The summed E-state index contributed by atoms with van der Waals surface area (Å²) in [7, 11) is 0. The van der Waals surface area contributed by atoms with Crippen LogP contribution in [0, 0.1) is 13.8 Å². The lowest BCUT2D eigenvalue weighted by atomic mass is 10.1. The van der Waals surface area contributed by atoms with Crippen LogP contribution in [0.5, 0.6) is 0 Å². The molecule has 0 bridgehead atoms. The summed E-state index contributed by atoms with van der Waals surface area (Å²) in [6, 6.07) is 13.0. The summed E-state index contributed by atoms with van der Waals surface area (Å²) < 4.78 is 5.29. The molecular weight excluding hydrogens is 376 g/mol. The smallest absolute Gasteiger partial charge is 0.259 e. The van der Waals surface area contributed by atoms with Gasteiger partial charge in [0.05, 0.1) is 24.8 Å². The molecule has 142 valence electrons. The molecular formula is C22H19ClN2O3. The quantitative estimate of drug-likeness (QED) is 0.685. The van der Waals surface area contributed by atoms with E-state index in [1.807, 2.05) is 43.3 Å². The first kappa shape index (κ1) is 18.3. The molecule has 1 aliphatic heterocycles. The fourth-order valence-corrected chi connectivity index (χ4v) is 3.65. The van der Waals surface area contributed by atoms with Gasteiger partial charge in [0.2, 0.25) is 5.91 Å². The molecule has 6 heteroatoms. The van der Waals surface area contributed by atoms with Crippen molar-refractivity contribution in [3.8, 4) is 0 Å². The van der Waals surface area contributed by atoms with Gasteiger partial charge in [-0.1, -0.05) is 29.8 Å². The molecule has 0 radical (unpaired) electrons. The van der Waals surface area contributed by atoms with Gasteiger partial charge in [0.15, 0.2) is 0 Å². The molecule has 2 amide bonds. The standard InChI is InChI=1S/C22H19ClN2O3/c1-13-12-28-14(2)21(13)22(27)24-18-7-3-15(4-8-18)11-25-19-10-17(23)6-5-16(19)9-20(25)26/h3-8,10,12H,9,11H2,1-2H3,(H,24,27). The third kappa shape index (κ3) is 3.41. The maximum atomic E-state index is 12.5. The van der Waals surface area contributed by atoms with Gasteiger partial charge in [0, 0.05) is 22.0 Å². The van der Waals surface area contributed by atoms with E-state index in [9.17, 15) is 9.59 Å². The van der Waals surface area contributed by atoms with Gasteiger partial charge in [-0.15, -0.1) is 0 Å². The summed E-state index contributed by atoms with van der Waals surface area (Å²) in [6.07, 6.45) is 1.97. The van der Waals surface area contributed by atoms with E-state index < -0.39 is 0 Å². The first-order chi connectivity index (χ1) is 13.4. The zero-order valence-corrected chi connectivity index (χ0v) is 16.3. The number of furan rings is 1. The Balaban J connectivity index is 1.48.